The predicted molar refractivity (Wildman–Crippen MR) is 61.0 cm³/mol. The summed E-state index contributed by atoms with van der Waals surface area (Å²) in [6, 6.07) is 7.56. The van der Waals surface area contributed by atoms with Gasteiger partial charge >= 0.3 is 5.97 Å². The van der Waals surface area contributed by atoms with Gasteiger partial charge in [0.2, 0.25) is 0 Å². The van der Waals surface area contributed by atoms with Crippen molar-refractivity contribution in [3.05, 3.63) is 42.0 Å². The molecule has 0 spiro atoms. The van der Waals surface area contributed by atoms with Gasteiger partial charge in [-0.3, -0.25) is 0 Å². The van der Waals surface area contributed by atoms with Crippen molar-refractivity contribution >= 4 is 5.97 Å². The summed E-state index contributed by atoms with van der Waals surface area (Å²) in [6.07, 6.45) is 0. The highest BCUT2D eigenvalue weighted by molar-refractivity contribution is 5.88. The van der Waals surface area contributed by atoms with E-state index in [9.17, 15) is 4.79 Å². The second-order valence-corrected chi connectivity index (χ2v) is 3.86. The second-order valence-electron chi connectivity index (χ2n) is 3.86. The largest absolute Gasteiger partial charge is 0.423 e. The van der Waals surface area contributed by atoms with Crippen molar-refractivity contribution < 1.29 is 9.53 Å². The molecular weight excluding hydrogens is 188 g/mol. The minimum absolute atomic E-state index is 0.333. The summed E-state index contributed by atoms with van der Waals surface area (Å²) >= 11 is 0. The molecular formula is C13H16O2. The zero-order valence-electron chi connectivity index (χ0n) is 9.41. The van der Waals surface area contributed by atoms with Crippen LogP contribution in [0.15, 0.2) is 36.4 Å². The van der Waals surface area contributed by atoms with Gasteiger partial charge in [0, 0.05) is 5.57 Å². The first-order valence-corrected chi connectivity index (χ1v) is 4.99. The van der Waals surface area contributed by atoms with Crippen LogP contribution in [0.2, 0.25) is 0 Å². The summed E-state index contributed by atoms with van der Waals surface area (Å²) in [4.78, 5) is 11.4. The second kappa shape index (κ2) is 4.78. The highest BCUT2D eigenvalue weighted by atomic mass is 16.5. The zero-order chi connectivity index (χ0) is 11.4. The lowest BCUT2D eigenvalue weighted by atomic mass is 10.0. The van der Waals surface area contributed by atoms with Crippen LogP contribution in [-0.4, -0.2) is 5.97 Å². The Hall–Kier alpha value is -1.57. The topological polar surface area (TPSA) is 26.3 Å². The SMILES string of the molecule is C=C(C)C(=O)Oc1ccccc1C(C)C. The molecule has 2 nitrogen and oxygen atoms in total. The molecule has 0 saturated carbocycles. The molecule has 0 aliphatic carbocycles. The molecule has 0 radical (unpaired) electrons. The number of esters is 1. The lowest BCUT2D eigenvalue weighted by Crippen LogP contribution is -2.10. The number of hydrogen-bond acceptors (Lipinski definition) is 2. The molecule has 1 rings (SSSR count). The van der Waals surface area contributed by atoms with Gasteiger partial charge in [-0.1, -0.05) is 38.6 Å². The molecule has 0 aliphatic heterocycles. The highest BCUT2D eigenvalue weighted by Gasteiger charge is 2.11. The lowest BCUT2D eigenvalue weighted by Gasteiger charge is -2.12. The van der Waals surface area contributed by atoms with Crippen LogP contribution in [0.5, 0.6) is 5.75 Å². The third-order valence-electron chi connectivity index (χ3n) is 2.09. The summed E-state index contributed by atoms with van der Waals surface area (Å²) in [5.74, 6) is 0.586. The average Bonchev–Trinajstić information content (AvgIpc) is 2.18. The summed E-state index contributed by atoms with van der Waals surface area (Å²) in [5, 5.41) is 0. The molecule has 0 saturated heterocycles. The Labute approximate surface area is 90.6 Å². The number of carbonyl (C=O) groups excluding carboxylic acids is 1. The molecule has 0 bridgehead atoms. The van der Waals surface area contributed by atoms with Crippen molar-refractivity contribution in [3.8, 4) is 5.75 Å². The molecule has 0 fully saturated rings. The van der Waals surface area contributed by atoms with Crippen molar-refractivity contribution in [3.63, 3.8) is 0 Å². The number of benzene rings is 1. The maximum atomic E-state index is 11.4. The van der Waals surface area contributed by atoms with Gasteiger partial charge in [0.05, 0.1) is 0 Å². The van der Waals surface area contributed by atoms with Gasteiger partial charge in [0.15, 0.2) is 0 Å². The summed E-state index contributed by atoms with van der Waals surface area (Å²) < 4.78 is 5.23. The van der Waals surface area contributed by atoms with Gasteiger partial charge in [-0.2, -0.15) is 0 Å². The maximum Gasteiger partial charge on any atom is 0.338 e. The first-order chi connectivity index (χ1) is 7.02. The van der Waals surface area contributed by atoms with Crippen LogP contribution in [-0.2, 0) is 4.79 Å². The monoisotopic (exact) mass is 204 g/mol. The smallest absolute Gasteiger partial charge is 0.338 e. The van der Waals surface area contributed by atoms with Gasteiger partial charge in [-0.25, -0.2) is 4.79 Å². The Morgan fingerprint density at radius 3 is 2.47 bits per heavy atom. The fourth-order valence-corrected chi connectivity index (χ4v) is 1.24. The van der Waals surface area contributed by atoms with Gasteiger partial charge in [0.25, 0.3) is 0 Å². The van der Waals surface area contributed by atoms with E-state index in [1.54, 1.807) is 13.0 Å². The van der Waals surface area contributed by atoms with Crippen LogP contribution in [0, 0.1) is 0 Å². The van der Waals surface area contributed by atoms with Gasteiger partial charge in [-0.05, 0) is 24.5 Å². The number of ether oxygens (including phenoxy) is 1. The van der Waals surface area contributed by atoms with Crippen LogP contribution >= 0.6 is 0 Å². The van der Waals surface area contributed by atoms with Crippen LogP contribution < -0.4 is 4.74 Å². The first-order valence-electron chi connectivity index (χ1n) is 4.99. The van der Waals surface area contributed by atoms with E-state index in [0.717, 1.165) is 5.56 Å². The average molecular weight is 204 g/mol. The predicted octanol–water partition coefficient (Wildman–Crippen LogP) is 3.29. The third-order valence-corrected chi connectivity index (χ3v) is 2.09. The quantitative estimate of drug-likeness (QED) is 0.429. The summed E-state index contributed by atoms with van der Waals surface area (Å²) in [6.45, 7) is 9.32. The Kier molecular flexibility index (Phi) is 3.67. The molecule has 1 aromatic carbocycles. The molecule has 0 N–H and O–H groups in total. The van der Waals surface area contributed by atoms with Gasteiger partial charge in [0.1, 0.15) is 5.75 Å². The van der Waals surface area contributed by atoms with Crippen molar-refractivity contribution in [2.45, 2.75) is 26.7 Å². The summed E-state index contributed by atoms with van der Waals surface area (Å²) in [7, 11) is 0. The van der Waals surface area contributed by atoms with Crippen LogP contribution in [0.25, 0.3) is 0 Å². The van der Waals surface area contributed by atoms with E-state index >= 15 is 0 Å². The van der Waals surface area contributed by atoms with E-state index < -0.39 is 0 Å². The Bertz CT molecular complexity index is 378. The van der Waals surface area contributed by atoms with E-state index in [0.29, 0.717) is 17.2 Å². The molecule has 0 atom stereocenters. The van der Waals surface area contributed by atoms with E-state index in [1.165, 1.54) is 0 Å². The maximum absolute atomic E-state index is 11.4. The van der Waals surface area contributed by atoms with Gasteiger partial charge in [-0.15, -0.1) is 0 Å². The highest BCUT2D eigenvalue weighted by Crippen LogP contribution is 2.26. The molecule has 15 heavy (non-hydrogen) atoms. The van der Waals surface area contributed by atoms with Crippen molar-refractivity contribution in [1.29, 1.82) is 0 Å². The zero-order valence-corrected chi connectivity index (χ0v) is 9.41. The Morgan fingerprint density at radius 1 is 1.33 bits per heavy atom. The Balaban J connectivity index is 2.94. The number of carbonyl (C=O) groups is 1. The number of rotatable bonds is 3. The molecule has 80 valence electrons. The normalized spacial score (nSPS) is 10.1. The van der Waals surface area contributed by atoms with Crippen LogP contribution in [0.3, 0.4) is 0 Å². The van der Waals surface area contributed by atoms with Crippen LogP contribution in [0.4, 0.5) is 0 Å². The molecule has 0 amide bonds. The van der Waals surface area contributed by atoms with Crippen molar-refractivity contribution in [1.82, 2.24) is 0 Å². The van der Waals surface area contributed by atoms with E-state index in [4.69, 9.17) is 4.74 Å². The van der Waals surface area contributed by atoms with E-state index in [-0.39, 0.29) is 5.97 Å². The molecule has 0 unspecified atom stereocenters. The summed E-state index contributed by atoms with van der Waals surface area (Å²) in [5.41, 5.74) is 1.45. The molecule has 0 aromatic heterocycles. The molecule has 1 aromatic rings. The molecule has 2 heteroatoms. The molecule has 0 aliphatic rings. The lowest BCUT2D eigenvalue weighted by molar-refractivity contribution is -0.130. The van der Waals surface area contributed by atoms with Gasteiger partial charge < -0.3 is 4.74 Å². The number of hydrogen-bond donors (Lipinski definition) is 0. The standard InChI is InChI=1S/C13H16O2/c1-9(2)11-7-5-6-8-12(11)15-13(14)10(3)4/h5-9H,3H2,1-2,4H3. The van der Waals surface area contributed by atoms with E-state index in [1.807, 2.05) is 18.2 Å². The van der Waals surface area contributed by atoms with Crippen molar-refractivity contribution in [2.24, 2.45) is 0 Å². The van der Waals surface area contributed by atoms with E-state index in [2.05, 4.69) is 20.4 Å². The van der Waals surface area contributed by atoms with Crippen LogP contribution in [0.1, 0.15) is 32.3 Å². The third kappa shape index (κ3) is 2.94. The fourth-order valence-electron chi connectivity index (χ4n) is 1.24. The van der Waals surface area contributed by atoms with Crippen molar-refractivity contribution in [2.75, 3.05) is 0 Å². The fraction of sp³-hybridized carbons (Fsp3) is 0.308. The minimum atomic E-state index is -0.372. The first kappa shape index (κ1) is 11.5. The number of para-hydroxylation sites is 1. The Morgan fingerprint density at radius 2 is 1.93 bits per heavy atom. The minimum Gasteiger partial charge on any atom is -0.423 e. The molecule has 0 heterocycles.